The summed E-state index contributed by atoms with van der Waals surface area (Å²) in [7, 11) is 0. The van der Waals surface area contributed by atoms with E-state index in [9.17, 15) is 5.11 Å². The molecule has 0 heterocycles. The molecule has 0 atom stereocenters. The molecule has 1 nitrogen and oxygen atoms in total. The number of aliphatic hydroxyl groups excluding tert-OH is 1. The predicted molar refractivity (Wildman–Crippen MR) is 90.3 cm³/mol. The molecule has 1 N–H and O–H groups in total. The largest absolute Gasteiger partial charge is 0.393 e. The van der Waals surface area contributed by atoms with Crippen molar-refractivity contribution in [3.05, 3.63) is 0 Å². The smallest absolute Gasteiger partial charge is 0.0540 e. The second-order valence-electron chi connectivity index (χ2n) is 8.53. The van der Waals surface area contributed by atoms with Crippen LogP contribution >= 0.6 is 12.6 Å². The Kier molecular flexibility index (Phi) is 5.17. The van der Waals surface area contributed by atoms with Gasteiger partial charge in [0.05, 0.1) is 6.10 Å². The first kappa shape index (κ1) is 16.7. The van der Waals surface area contributed by atoms with Crippen LogP contribution in [0.2, 0.25) is 0 Å². The maximum Gasteiger partial charge on any atom is 0.0540 e. The van der Waals surface area contributed by atoms with Crippen molar-refractivity contribution >= 4 is 12.6 Å². The van der Waals surface area contributed by atoms with Gasteiger partial charge in [-0.1, -0.05) is 27.7 Å². The molecular formula is C18H34OS. The summed E-state index contributed by atoms with van der Waals surface area (Å²) >= 11 is 4.78. The minimum absolute atomic E-state index is 0.0252. The molecule has 20 heavy (non-hydrogen) atoms. The van der Waals surface area contributed by atoms with Gasteiger partial charge in [0.2, 0.25) is 0 Å². The molecule has 0 radical (unpaired) electrons. The first-order valence-corrected chi connectivity index (χ1v) is 9.06. The van der Waals surface area contributed by atoms with Gasteiger partial charge in [-0.3, -0.25) is 0 Å². The second kappa shape index (κ2) is 6.20. The van der Waals surface area contributed by atoms with Gasteiger partial charge in [0, 0.05) is 4.75 Å². The molecule has 2 saturated carbocycles. The zero-order valence-electron chi connectivity index (χ0n) is 13.9. The molecule has 2 fully saturated rings. The highest BCUT2D eigenvalue weighted by Gasteiger charge is 2.41. The standard InChI is InChI=1S/C18H34OS/c1-17(2,14-9-11-16(19)12-10-14)13-5-7-15(8-6-13)18(3,4)20/h13-16,19-20H,5-12H2,1-4H3. The van der Waals surface area contributed by atoms with Crippen LogP contribution in [-0.2, 0) is 0 Å². The minimum atomic E-state index is -0.0252. The van der Waals surface area contributed by atoms with Crippen LogP contribution in [0.5, 0.6) is 0 Å². The molecule has 2 aliphatic carbocycles. The fourth-order valence-electron chi connectivity index (χ4n) is 4.70. The average Bonchev–Trinajstić information content (AvgIpc) is 2.38. The van der Waals surface area contributed by atoms with E-state index in [2.05, 4.69) is 27.7 Å². The molecule has 0 amide bonds. The molecule has 118 valence electrons. The van der Waals surface area contributed by atoms with Crippen molar-refractivity contribution < 1.29 is 5.11 Å². The molecule has 2 heteroatoms. The van der Waals surface area contributed by atoms with Crippen LogP contribution in [0, 0.1) is 23.2 Å². The zero-order chi connectivity index (χ0) is 15.0. The summed E-state index contributed by atoms with van der Waals surface area (Å²) in [5.74, 6) is 2.47. The Bertz CT molecular complexity index is 302. The molecule has 0 aliphatic heterocycles. The van der Waals surface area contributed by atoms with Crippen LogP contribution in [0.25, 0.3) is 0 Å². The average molecular weight is 299 g/mol. The van der Waals surface area contributed by atoms with Crippen molar-refractivity contribution in [1.29, 1.82) is 0 Å². The van der Waals surface area contributed by atoms with E-state index in [1.54, 1.807) is 0 Å². The van der Waals surface area contributed by atoms with Gasteiger partial charge < -0.3 is 5.11 Å². The van der Waals surface area contributed by atoms with Crippen LogP contribution in [0.4, 0.5) is 0 Å². The highest BCUT2D eigenvalue weighted by molar-refractivity contribution is 7.81. The van der Waals surface area contributed by atoms with Crippen molar-refractivity contribution in [2.75, 3.05) is 0 Å². The van der Waals surface area contributed by atoms with E-state index < -0.39 is 0 Å². The summed E-state index contributed by atoms with van der Waals surface area (Å²) in [6.45, 7) is 9.53. The SMILES string of the molecule is CC(C)(S)C1CCC(C(C)(C)C2CCC(O)CC2)CC1. The number of aliphatic hydroxyl groups is 1. The lowest BCUT2D eigenvalue weighted by atomic mass is 9.59. The van der Waals surface area contributed by atoms with Crippen LogP contribution < -0.4 is 0 Å². The van der Waals surface area contributed by atoms with E-state index in [4.69, 9.17) is 12.6 Å². The molecule has 0 bridgehead atoms. The summed E-state index contributed by atoms with van der Waals surface area (Å²) in [6, 6.07) is 0. The van der Waals surface area contributed by atoms with E-state index in [1.807, 2.05) is 0 Å². The van der Waals surface area contributed by atoms with Gasteiger partial charge in [0.15, 0.2) is 0 Å². The lowest BCUT2D eigenvalue weighted by Crippen LogP contribution is -2.39. The van der Waals surface area contributed by atoms with Crippen LogP contribution in [-0.4, -0.2) is 16.0 Å². The Morgan fingerprint density at radius 1 is 0.700 bits per heavy atom. The molecule has 0 spiro atoms. The van der Waals surface area contributed by atoms with Gasteiger partial charge >= 0.3 is 0 Å². The maximum absolute atomic E-state index is 9.72. The normalized spacial score (nSPS) is 36.9. The molecule has 0 unspecified atom stereocenters. The van der Waals surface area contributed by atoms with E-state index in [0.717, 1.165) is 30.6 Å². The van der Waals surface area contributed by atoms with Crippen molar-refractivity contribution in [3.63, 3.8) is 0 Å². The number of thiol groups is 1. The highest BCUT2D eigenvalue weighted by atomic mass is 32.1. The number of rotatable bonds is 3. The third kappa shape index (κ3) is 3.74. The Morgan fingerprint density at radius 2 is 1.05 bits per heavy atom. The number of hydrogen-bond acceptors (Lipinski definition) is 2. The quantitative estimate of drug-likeness (QED) is 0.696. The first-order valence-electron chi connectivity index (χ1n) is 8.61. The Hall–Kier alpha value is 0.310. The van der Waals surface area contributed by atoms with Gasteiger partial charge in [0.1, 0.15) is 0 Å². The Morgan fingerprint density at radius 3 is 1.45 bits per heavy atom. The zero-order valence-corrected chi connectivity index (χ0v) is 14.8. The van der Waals surface area contributed by atoms with Crippen molar-refractivity contribution in [3.8, 4) is 0 Å². The molecule has 2 aliphatic rings. The van der Waals surface area contributed by atoms with Gasteiger partial charge in [-0.25, -0.2) is 0 Å². The molecule has 0 aromatic carbocycles. The summed E-state index contributed by atoms with van der Waals surface area (Å²) in [4.78, 5) is 0. The molecule has 2 rings (SSSR count). The van der Waals surface area contributed by atoms with Crippen LogP contribution in [0.1, 0.15) is 79.1 Å². The third-order valence-electron chi connectivity index (χ3n) is 6.53. The van der Waals surface area contributed by atoms with Crippen molar-refractivity contribution in [2.45, 2.75) is 89.9 Å². The first-order chi connectivity index (χ1) is 9.21. The maximum atomic E-state index is 9.72. The van der Waals surface area contributed by atoms with Crippen molar-refractivity contribution in [1.82, 2.24) is 0 Å². The van der Waals surface area contributed by atoms with Gasteiger partial charge in [-0.15, -0.1) is 0 Å². The van der Waals surface area contributed by atoms with E-state index >= 15 is 0 Å². The topological polar surface area (TPSA) is 20.2 Å². The lowest BCUT2D eigenvalue weighted by Gasteiger charge is -2.47. The predicted octanol–water partition coefficient (Wildman–Crippen LogP) is 5.08. The van der Waals surface area contributed by atoms with Gasteiger partial charge in [-0.2, -0.15) is 12.6 Å². The highest BCUT2D eigenvalue weighted by Crippen LogP contribution is 2.50. The van der Waals surface area contributed by atoms with Gasteiger partial charge in [0.25, 0.3) is 0 Å². The fraction of sp³-hybridized carbons (Fsp3) is 1.00. The van der Waals surface area contributed by atoms with E-state index in [-0.39, 0.29) is 10.9 Å². The van der Waals surface area contributed by atoms with Crippen LogP contribution in [0.15, 0.2) is 0 Å². The van der Waals surface area contributed by atoms with Gasteiger partial charge in [-0.05, 0) is 74.5 Å². The van der Waals surface area contributed by atoms with E-state index in [0.29, 0.717) is 5.41 Å². The fourth-order valence-corrected chi connectivity index (χ4v) is 4.96. The van der Waals surface area contributed by atoms with Crippen molar-refractivity contribution in [2.24, 2.45) is 23.2 Å². The Labute approximate surface area is 131 Å². The number of hydrogen-bond donors (Lipinski definition) is 2. The molecular weight excluding hydrogens is 264 g/mol. The van der Waals surface area contributed by atoms with E-state index in [1.165, 1.54) is 38.5 Å². The summed E-state index contributed by atoms with van der Waals surface area (Å²) in [5.41, 5.74) is 0.450. The lowest BCUT2D eigenvalue weighted by molar-refractivity contribution is 0.0145. The molecule has 0 saturated heterocycles. The summed E-state index contributed by atoms with van der Waals surface area (Å²) in [6.07, 6.45) is 9.92. The monoisotopic (exact) mass is 298 g/mol. The minimum Gasteiger partial charge on any atom is -0.393 e. The third-order valence-corrected chi connectivity index (χ3v) is 6.89. The summed E-state index contributed by atoms with van der Waals surface area (Å²) in [5, 5.41) is 9.72. The molecule has 0 aromatic heterocycles. The Balaban J connectivity index is 1.91. The second-order valence-corrected chi connectivity index (χ2v) is 9.68. The molecule has 0 aromatic rings. The van der Waals surface area contributed by atoms with Crippen LogP contribution in [0.3, 0.4) is 0 Å². The summed E-state index contributed by atoms with van der Waals surface area (Å²) < 4.78 is 0.185.